The van der Waals surface area contributed by atoms with Crippen LogP contribution in [0.2, 0.25) is 0 Å². The normalized spacial score (nSPS) is 22.2. The molecule has 3 atom stereocenters. The highest BCUT2D eigenvalue weighted by molar-refractivity contribution is 5.86. The molecule has 6 heterocycles. The van der Waals surface area contributed by atoms with Crippen LogP contribution in [0.5, 0.6) is 5.88 Å². The second kappa shape index (κ2) is 12.8. The van der Waals surface area contributed by atoms with Crippen LogP contribution in [0.3, 0.4) is 0 Å². The summed E-state index contributed by atoms with van der Waals surface area (Å²) in [5.41, 5.74) is 2.64. The zero-order chi connectivity index (χ0) is 27.0. The summed E-state index contributed by atoms with van der Waals surface area (Å²) in [7, 11) is 0. The minimum Gasteiger partial charge on any atom is -0.477 e. The first-order valence-electron chi connectivity index (χ1n) is 13.5. The second-order valence-corrected chi connectivity index (χ2v) is 10.0. The number of nitrogens with zero attached hydrogens (tertiary/aromatic N) is 6. The lowest BCUT2D eigenvalue weighted by Gasteiger charge is -2.28. The summed E-state index contributed by atoms with van der Waals surface area (Å²) in [5.74, 6) is 1.38. The zero-order valence-electron chi connectivity index (χ0n) is 22.1. The summed E-state index contributed by atoms with van der Waals surface area (Å²) in [6.45, 7) is 5.30. The Bertz CT molecular complexity index is 1270. The van der Waals surface area contributed by atoms with Gasteiger partial charge in [0.2, 0.25) is 5.88 Å². The fourth-order valence-electron chi connectivity index (χ4n) is 4.94. The van der Waals surface area contributed by atoms with Crippen molar-refractivity contribution in [3.05, 3.63) is 72.1 Å². The Balaban J connectivity index is 0.000000126. The number of allylic oxidation sites excluding steroid dienone is 1. The Morgan fingerprint density at radius 3 is 2.82 bits per heavy atom. The highest BCUT2D eigenvalue weighted by atomic mass is 19.1. The molecule has 9 nitrogen and oxygen atoms in total. The van der Waals surface area contributed by atoms with Gasteiger partial charge in [0.05, 0.1) is 37.2 Å². The Morgan fingerprint density at radius 1 is 1.21 bits per heavy atom. The maximum Gasteiger partial charge on any atom is 0.222 e. The molecule has 204 valence electrons. The largest absolute Gasteiger partial charge is 0.477 e. The maximum absolute atomic E-state index is 12.0. The van der Waals surface area contributed by atoms with E-state index in [9.17, 15) is 9.18 Å². The van der Waals surface area contributed by atoms with Crippen molar-refractivity contribution >= 4 is 12.5 Å². The quantitative estimate of drug-likeness (QED) is 0.507. The molecule has 7 rings (SSSR count). The number of carbonyl (C=O) groups is 1. The van der Waals surface area contributed by atoms with Gasteiger partial charge in [0.25, 0.3) is 0 Å². The van der Waals surface area contributed by atoms with Crippen molar-refractivity contribution in [3.63, 3.8) is 0 Å². The van der Waals surface area contributed by atoms with Crippen LogP contribution in [-0.4, -0.2) is 69.0 Å². The molecule has 0 spiro atoms. The molecular weight excluding hydrogens is 497 g/mol. The molecule has 3 aromatic heterocycles. The molecule has 0 unspecified atom stereocenters. The predicted octanol–water partition coefficient (Wildman–Crippen LogP) is 4.05. The molecule has 1 aliphatic carbocycles. The molecule has 1 saturated heterocycles. The zero-order valence-corrected chi connectivity index (χ0v) is 22.1. The van der Waals surface area contributed by atoms with Gasteiger partial charge >= 0.3 is 0 Å². The first-order chi connectivity index (χ1) is 19.1. The SMILES string of the molecule is C1=CCN(C[C@@H]2CC[C@@H]3C[C@@H]3N2)N=C1.Cc1ccc(F)cn1.O=Cc1nn2c(c1-c1ccccn1)OCCC2. The molecule has 10 heteroatoms. The number of aldehydes is 1. The Labute approximate surface area is 227 Å². The number of pyridine rings is 2. The molecule has 1 N–H and O–H groups in total. The maximum atomic E-state index is 12.0. The van der Waals surface area contributed by atoms with Gasteiger partial charge in [-0.15, -0.1) is 0 Å². The molecule has 2 fully saturated rings. The molecule has 3 aliphatic heterocycles. The Hall–Kier alpha value is -3.92. The number of ether oxygens (including phenoxy) is 1. The van der Waals surface area contributed by atoms with E-state index >= 15 is 0 Å². The van der Waals surface area contributed by atoms with E-state index in [1.165, 1.54) is 31.5 Å². The summed E-state index contributed by atoms with van der Waals surface area (Å²) < 4.78 is 19.4. The van der Waals surface area contributed by atoms with Crippen molar-refractivity contribution in [3.8, 4) is 17.1 Å². The van der Waals surface area contributed by atoms with Crippen LogP contribution >= 0.6 is 0 Å². The van der Waals surface area contributed by atoms with Crippen molar-refractivity contribution < 1.29 is 13.9 Å². The van der Waals surface area contributed by atoms with Gasteiger partial charge in [0.1, 0.15) is 11.5 Å². The summed E-state index contributed by atoms with van der Waals surface area (Å²) in [6.07, 6.45) is 14.8. The van der Waals surface area contributed by atoms with Crippen LogP contribution in [0, 0.1) is 18.7 Å². The second-order valence-electron chi connectivity index (χ2n) is 10.0. The molecule has 0 bridgehead atoms. The summed E-state index contributed by atoms with van der Waals surface area (Å²) in [6, 6.07) is 10.1. The number of aromatic nitrogens is 4. The molecule has 4 aliphatic rings. The van der Waals surface area contributed by atoms with Crippen molar-refractivity contribution in [1.29, 1.82) is 0 Å². The van der Waals surface area contributed by atoms with Crippen LogP contribution in [0.1, 0.15) is 41.9 Å². The number of carbonyl (C=O) groups excluding carboxylic acids is 1. The lowest BCUT2D eigenvalue weighted by atomic mass is 10.0. The third kappa shape index (κ3) is 7.14. The third-order valence-electron chi connectivity index (χ3n) is 7.05. The number of rotatable bonds is 4. The first kappa shape index (κ1) is 26.7. The highest BCUT2D eigenvalue weighted by Gasteiger charge is 2.41. The van der Waals surface area contributed by atoms with E-state index in [-0.39, 0.29) is 5.82 Å². The molecule has 0 radical (unpaired) electrons. The number of halogens is 1. The minimum atomic E-state index is -0.282. The Kier molecular flexibility index (Phi) is 8.72. The number of nitrogens with one attached hydrogen (secondary N) is 1. The van der Waals surface area contributed by atoms with Crippen molar-refractivity contribution in [2.75, 3.05) is 19.7 Å². The van der Waals surface area contributed by atoms with E-state index < -0.39 is 0 Å². The standard InChI is InChI=1S/C12H11N3O2.C11H17N3.C6H6FN/c16-8-10-11(9-4-1-2-5-13-9)12-15(14-10)6-3-7-17-12;1-2-6-14(12-5-1)8-10-4-3-9-7-11(9)13-10;1-5-2-3-6(7)4-8-5/h1-2,4-5,8H,3,6-7H2;1-2,5,9-11,13H,3-4,6-8H2;2-4H,1H3/t;9-,10+,11+;/m.1./s1. The van der Waals surface area contributed by atoms with Gasteiger partial charge in [0, 0.05) is 43.2 Å². The number of piperidine rings is 1. The van der Waals surface area contributed by atoms with Gasteiger partial charge < -0.3 is 10.1 Å². The monoisotopic (exact) mass is 531 g/mol. The molecular formula is C29H34FN7O2. The van der Waals surface area contributed by atoms with Crippen LogP contribution in [-0.2, 0) is 6.54 Å². The molecule has 1 saturated carbocycles. The highest BCUT2D eigenvalue weighted by Crippen LogP contribution is 2.39. The van der Waals surface area contributed by atoms with Crippen LogP contribution in [0.4, 0.5) is 4.39 Å². The topological polar surface area (TPSA) is 97.5 Å². The lowest BCUT2D eigenvalue weighted by molar-refractivity contribution is 0.111. The van der Waals surface area contributed by atoms with E-state index in [1.54, 1.807) is 16.9 Å². The fraction of sp³-hybridized carbons (Fsp3) is 0.414. The van der Waals surface area contributed by atoms with Crippen molar-refractivity contribution in [2.45, 2.75) is 51.2 Å². The summed E-state index contributed by atoms with van der Waals surface area (Å²) in [5, 5.41) is 14.4. The van der Waals surface area contributed by atoms with E-state index in [4.69, 9.17) is 4.74 Å². The number of hydrogen-bond acceptors (Lipinski definition) is 8. The summed E-state index contributed by atoms with van der Waals surface area (Å²) in [4.78, 5) is 19.0. The van der Waals surface area contributed by atoms with Crippen molar-refractivity contribution in [2.24, 2.45) is 11.0 Å². The van der Waals surface area contributed by atoms with E-state index in [0.29, 0.717) is 29.8 Å². The molecule has 3 aromatic rings. The van der Waals surface area contributed by atoms with Crippen molar-refractivity contribution in [1.82, 2.24) is 30.1 Å². The van der Waals surface area contributed by atoms with E-state index in [1.807, 2.05) is 37.4 Å². The third-order valence-corrected chi connectivity index (χ3v) is 7.05. The van der Waals surface area contributed by atoms with Crippen LogP contribution in [0.15, 0.2) is 60.0 Å². The molecule has 0 amide bonds. The number of hydrogen-bond donors (Lipinski definition) is 1. The molecule has 0 aromatic carbocycles. The van der Waals surface area contributed by atoms with Crippen LogP contribution < -0.4 is 10.1 Å². The van der Waals surface area contributed by atoms with E-state index in [0.717, 1.165) is 55.7 Å². The average molecular weight is 532 g/mol. The van der Waals surface area contributed by atoms with Gasteiger partial charge in [-0.2, -0.15) is 10.2 Å². The Morgan fingerprint density at radius 2 is 2.13 bits per heavy atom. The van der Waals surface area contributed by atoms with Crippen LogP contribution in [0.25, 0.3) is 11.3 Å². The number of hydrazone groups is 1. The lowest BCUT2D eigenvalue weighted by Crippen LogP contribution is -2.43. The average Bonchev–Trinajstić information content (AvgIpc) is 3.66. The minimum absolute atomic E-state index is 0.282. The van der Waals surface area contributed by atoms with Gasteiger partial charge in [0.15, 0.2) is 6.29 Å². The summed E-state index contributed by atoms with van der Waals surface area (Å²) >= 11 is 0. The smallest absolute Gasteiger partial charge is 0.222 e. The number of aryl methyl sites for hydroxylation is 2. The fourth-order valence-corrected chi connectivity index (χ4v) is 4.94. The molecule has 39 heavy (non-hydrogen) atoms. The first-order valence-corrected chi connectivity index (χ1v) is 13.5. The number of fused-ring (bicyclic) bond motifs is 2. The van der Waals surface area contributed by atoms with Gasteiger partial charge in [-0.1, -0.05) is 12.1 Å². The predicted molar refractivity (Wildman–Crippen MR) is 147 cm³/mol. The van der Waals surface area contributed by atoms with Gasteiger partial charge in [-0.05, 0) is 62.4 Å². The van der Waals surface area contributed by atoms with E-state index in [2.05, 4.69) is 36.6 Å². The van der Waals surface area contributed by atoms with Gasteiger partial charge in [-0.3, -0.25) is 19.8 Å². The van der Waals surface area contributed by atoms with Gasteiger partial charge in [-0.25, -0.2) is 9.07 Å².